The SMILES string of the molecule is O=C(O)C(F)(F)F.O=C(O)c1ccc(-c2ccc3c(c2)CC[C@H](CNCC(O)c2cc(Cl)cc(Cl)c2)O3)cc1. The van der Waals surface area contributed by atoms with Crippen molar-refractivity contribution in [2.45, 2.75) is 31.2 Å². The minimum atomic E-state index is -5.08. The van der Waals surface area contributed by atoms with E-state index in [4.69, 9.17) is 42.9 Å². The van der Waals surface area contributed by atoms with Gasteiger partial charge in [-0.1, -0.05) is 41.4 Å². The zero-order valence-corrected chi connectivity index (χ0v) is 21.7. The fourth-order valence-corrected chi connectivity index (χ4v) is 4.38. The number of hydrogen-bond donors (Lipinski definition) is 4. The van der Waals surface area contributed by atoms with Crippen LogP contribution in [0.1, 0.15) is 34.0 Å². The number of halogens is 5. The van der Waals surface area contributed by atoms with Gasteiger partial charge in [0.1, 0.15) is 11.9 Å². The Balaban J connectivity index is 0.000000532. The van der Waals surface area contributed by atoms with Gasteiger partial charge in [-0.05, 0) is 77.6 Å². The first-order valence-electron chi connectivity index (χ1n) is 11.6. The number of carbonyl (C=O) groups is 2. The van der Waals surface area contributed by atoms with Crippen molar-refractivity contribution >= 4 is 35.1 Å². The highest BCUT2D eigenvalue weighted by Gasteiger charge is 2.38. The maximum atomic E-state index is 11.0. The van der Waals surface area contributed by atoms with Gasteiger partial charge in [-0.3, -0.25) is 0 Å². The summed E-state index contributed by atoms with van der Waals surface area (Å²) in [4.78, 5) is 19.9. The van der Waals surface area contributed by atoms with Gasteiger partial charge in [0.15, 0.2) is 0 Å². The molecular formula is C27H24Cl2F3NO6. The third kappa shape index (κ3) is 8.86. The zero-order chi connectivity index (χ0) is 28.7. The second-order valence-corrected chi connectivity index (χ2v) is 9.54. The van der Waals surface area contributed by atoms with Crippen LogP contribution in [0.3, 0.4) is 0 Å². The van der Waals surface area contributed by atoms with Crippen molar-refractivity contribution in [1.82, 2.24) is 5.32 Å². The summed E-state index contributed by atoms with van der Waals surface area (Å²) in [6.07, 6.45) is -4.04. The van der Waals surface area contributed by atoms with Crippen LogP contribution in [-0.2, 0) is 11.2 Å². The number of aliphatic carboxylic acids is 1. The van der Waals surface area contributed by atoms with Crippen molar-refractivity contribution in [3.8, 4) is 16.9 Å². The Morgan fingerprint density at radius 2 is 1.56 bits per heavy atom. The van der Waals surface area contributed by atoms with Crippen molar-refractivity contribution in [1.29, 1.82) is 0 Å². The summed E-state index contributed by atoms with van der Waals surface area (Å²) in [5.74, 6) is -2.83. The van der Waals surface area contributed by atoms with E-state index in [1.807, 2.05) is 24.3 Å². The lowest BCUT2D eigenvalue weighted by Gasteiger charge is -2.27. The molecule has 39 heavy (non-hydrogen) atoms. The Labute approximate surface area is 231 Å². The van der Waals surface area contributed by atoms with Crippen LogP contribution in [-0.4, -0.2) is 52.6 Å². The molecule has 0 saturated heterocycles. The first-order valence-corrected chi connectivity index (χ1v) is 12.4. The fraction of sp³-hybridized carbons (Fsp3) is 0.259. The molecule has 208 valence electrons. The van der Waals surface area contributed by atoms with Gasteiger partial charge in [-0.15, -0.1) is 0 Å². The molecule has 0 fully saturated rings. The lowest BCUT2D eigenvalue weighted by Crippen LogP contribution is -2.36. The van der Waals surface area contributed by atoms with E-state index in [0.29, 0.717) is 28.7 Å². The van der Waals surface area contributed by atoms with Crippen LogP contribution in [0, 0.1) is 0 Å². The molecule has 0 saturated carbocycles. The molecule has 2 atom stereocenters. The summed E-state index contributed by atoms with van der Waals surface area (Å²) in [7, 11) is 0. The van der Waals surface area contributed by atoms with E-state index >= 15 is 0 Å². The van der Waals surface area contributed by atoms with Gasteiger partial charge in [0.05, 0.1) is 11.7 Å². The van der Waals surface area contributed by atoms with Crippen LogP contribution in [0.4, 0.5) is 13.2 Å². The molecule has 0 radical (unpaired) electrons. The number of rotatable bonds is 7. The smallest absolute Gasteiger partial charge is 0.489 e. The number of fused-ring (bicyclic) bond motifs is 1. The van der Waals surface area contributed by atoms with Crippen LogP contribution in [0.15, 0.2) is 60.7 Å². The molecule has 1 aliphatic rings. The van der Waals surface area contributed by atoms with Crippen LogP contribution in [0.2, 0.25) is 10.0 Å². The van der Waals surface area contributed by atoms with E-state index in [0.717, 1.165) is 35.3 Å². The second-order valence-electron chi connectivity index (χ2n) is 8.66. The van der Waals surface area contributed by atoms with E-state index < -0.39 is 24.2 Å². The highest BCUT2D eigenvalue weighted by atomic mass is 35.5. The number of benzene rings is 3. The van der Waals surface area contributed by atoms with E-state index in [1.54, 1.807) is 30.3 Å². The molecule has 0 spiro atoms. The monoisotopic (exact) mass is 585 g/mol. The lowest BCUT2D eigenvalue weighted by molar-refractivity contribution is -0.192. The number of aromatic carboxylic acids is 1. The Bertz CT molecular complexity index is 1300. The molecule has 0 bridgehead atoms. The topological polar surface area (TPSA) is 116 Å². The molecule has 1 heterocycles. The molecule has 0 aliphatic carbocycles. The molecule has 0 aromatic heterocycles. The van der Waals surface area contributed by atoms with Crippen molar-refractivity contribution in [2.75, 3.05) is 13.1 Å². The largest absolute Gasteiger partial charge is 0.490 e. The number of carboxylic acids is 2. The Morgan fingerprint density at radius 1 is 0.974 bits per heavy atom. The number of ether oxygens (including phenoxy) is 1. The molecule has 3 aromatic carbocycles. The number of nitrogens with one attached hydrogen (secondary N) is 1. The Kier molecular flexibility index (Phi) is 10.2. The third-order valence-electron chi connectivity index (χ3n) is 5.78. The molecule has 4 rings (SSSR count). The van der Waals surface area contributed by atoms with E-state index in [-0.39, 0.29) is 11.7 Å². The molecule has 1 aliphatic heterocycles. The minimum Gasteiger partial charge on any atom is -0.489 e. The first-order chi connectivity index (χ1) is 18.3. The van der Waals surface area contributed by atoms with Gasteiger partial charge in [-0.2, -0.15) is 13.2 Å². The molecule has 0 amide bonds. The number of alkyl halides is 3. The summed E-state index contributed by atoms with van der Waals surface area (Å²) in [6, 6.07) is 18.0. The molecule has 3 aromatic rings. The van der Waals surface area contributed by atoms with Gasteiger partial charge in [0.2, 0.25) is 0 Å². The number of aliphatic hydroxyl groups is 1. The standard InChI is InChI=1S/C25H23Cl2NO4.C2HF3O2/c26-20-10-19(11-21(27)12-20)23(29)14-28-13-22-7-5-18-9-17(6-8-24(18)32-22)15-1-3-16(4-2-15)25(30)31;3-2(4,5)1(6)7/h1-4,6,8-12,22-23,28-29H,5,7,13-14H2,(H,30,31);(H,6,7)/t22-,23?;/m1./s1. The maximum Gasteiger partial charge on any atom is 0.490 e. The van der Waals surface area contributed by atoms with Crippen molar-refractivity contribution in [2.24, 2.45) is 0 Å². The van der Waals surface area contributed by atoms with Crippen LogP contribution < -0.4 is 10.1 Å². The van der Waals surface area contributed by atoms with E-state index in [2.05, 4.69) is 11.4 Å². The maximum absolute atomic E-state index is 11.0. The Hall–Kier alpha value is -3.31. The summed E-state index contributed by atoms with van der Waals surface area (Å²) in [5.41, 5.74) is 4.08. The van der Waals surface area contributed by atoms with Gasteiger partial charge in [0.25, 0.3) is 0 Å². The quantitative estimate of drug-likeness (QED) is 0.268. The fourth-order valence-electron chi connectivity index (χ4n) is 3.84. The Morgan fingerprint density at radius 3 is 2.13 bits per heavy atom. The van der Waals surface area contributed by atoms with Crippen molar-refractivity contribution < 1.29 is 42.8 Å². The summed E-state index contributed by atoms with van der Waals surface area (Å²) < 4.78 is 37.9. The lowest BCUT2D eigenvalue weighted by atomic mass is 9.96. The van der Waals surface area contributed by atoms with Gasteiger partial charge >= 0.3 is 18.1 Å². The first kappa shape index (κ1) is 30.2. The molecule has 12 heteroatoms. The normalized spacial score (nSPS) is 15.3. The average Bonchev–Trinajstić information content (AvgIpc) is 2.87. The zero-order valence-electron chi connectivity index (χ0n) is 20.2. The van der Waals surface area contributed by atoms with Crippen LogP contribution in [0.5, 0.6) is 5.75 Å². The predicted octanol–water partition coefficient (Wildman–Crippen LogP) is 6.01. The van der Waals surface area contributed by atoms with Gasteiger partial charge in [-0.25, -0.2) is 9.59 Å². The second kappa shape index (κ2) is 13.2. The summed E-state index contributed by atoms with van der Waals surface area (Å²) in [5, 5.41) is 30.8. The highest BCUT2D eigenvalue weighted by molar-refractivity contribution is 6.34. The average molecular weight is 586 g/mol. The van der Waals surface area contributed by atoms with Crippen molar-refractivity contribution in [3.63, 3.8) is 0 Å². The molecule has 4 N–H and O–H groups in total. The number of hydrogen-bond acceptors (Lipinski definition) is 5. The summed E-state index contributed by atoms with van der Waals surface area (Å²) in [6.45, 7) is 0.984. The molecule has 1 unspecified atom stereocenters. The molecule has 7 nitrogen and oxygen atoms in total. The van der Waals surface area contributed by atoms with Crippen molar-refractivity contribution in [3.05, 3.63) is 87.4 Å². The van der Waals surface area contributed by atoms with Crippen LogP contribution >= 0.6 is 23.2 Å². The highest BCUT2D eigenvalue weighted by Crippen LogP contribution is 2.32. The van der Waals surface area contributed by atoms with Gasteiger partial charge < -0.3 is 25.4 Å². The third-order valence-corrected chi connectivity index (χ3v) is 6.21. The van der Waals surface area contributed by atoms with E-state index in [1.165, 1.54) is 0 Å². The minimum absolute atomic E-state index is 0.0124. The summed E-state index contributed by atoms with van der Waals surface area (Å²) >= 11 is 12.0. The number of aliphatic hydroxyl groups excluding tert-OH is 1. The molecular weight excluding hydrogens is 562 g/mol. The predicted molar refractivity (Wildman–Crippen MR) is 140 cm³/mol. The van der Waals surface area contributed by atoms with E-state index in [9.17, 15) is 23.1 Å². The number of aryl methyl sites for hydroxylation is 1. The number of carboxylic acid groups (broad SMARTS) is 2. The van der Waals surface area contributed by atoms with Crippen LogP contribution in [0.25, 0.3) is 11.1 Å². The van der Waals surface area contributed by atoms with Gasteiger partial charge in [0, 0.05) is 23.1 Å².